The topological polar surface area (TPSA) is 67.4 Å². The van der Waals surface area contributed by atoms with Gasteiger partial charge in [0.05, 0.1) is 0 Å². The second-order valence-corrected chi connectivity index (χ2v) is 7.75. The van der Waals surface area contributed by atoms with Gasteiger partial charge in [-0.3, -0.25) is 4.79 Å². The van der Waals surface area contributed by atoms with Crippen LogP contribution >= 0.6 is 0 Å². The summed E-state index contributed by atoms with van der Waals surface area (Å²) in [6.07, 6.45) is 1.10. The second kappa shape index (κ2) is 7.24. The molecule has 1 aliphatic carbocycles. The van der Waals surface area contributed by atoms with Crippen molar-refractivity contribution >= 4 is 12.0 Å². The Balaban J connectivity index is 1.94. The van der Waals surface area contributed by atoms with Crippen molar-refractivity contribution in [1.82, 2.24) is 10.6 Å². The lowest BCUT2D eigenvalue weighted by Crippen LogP contribution is -2.53. The first kappa shape index (κ1) is 18.3. The third kappa shape index (κ3) is 4.98. The molecule has 0 aromatic heterocycles. The Morgan fingerprint density at radius 1 is 1.12 bits per heavy atom. The van der Waals surface area contributed by atoms with Gasteiger partial charge in [-0.2, -0.15) is 0 Å². The maximum absolute atomic E-state index is 12.6. The van der Waals surface area contributed by atoms with Crippen LogP contribution in [-0.2, 0) is 22.4 Å². The van der Waals surface area contributed by atoms with Crippen molar-refractivity contribution in [2.24, 2.45) is 5.92 Å². The highest BCUT2D eigenvalue weighted by Gasteiger charge is 2.30. The molecule has 5 nitrogen and oxygen atoms in total. The quantitative estimate of drug-likeness (QED) is 0.891. The van der Waals surface area contributed by atoms with E-state index in [0.29, 0.717) is 0 Å². The maximum atomic E-state index is 12.6. The number of carbonyl (C=O) groups is 2. The van der Waals surface area contributed by atoms with Crippen LogP contribution in [0.15, 0.2) is 24.3 Å². The molecule has 2 rings (SSSR count). The predicted molar refractivity (Wildman–Crippen MR) is 93.8 cm³/mol. The van der Waals surface area contributed by atoms with Crippen molar-refractivity contribution in [2.45, 2.75) is 65.1 Å². The van der Waals surface area contributed by atoms with Crippen LogP contribution in [-0.4, -0.2) is 29.7 Å². The molecule has 132 valence electrons. The summed E-state index contributed by atoms with van der Waals surface area (Å²) in [5.41, 5.74) is 1.97. The average molecular weight is 332 g/mol. The van der Waals surface area contributed by atoms with E-state index in [9.17, 15) is 9.59 Å². The summed E-state index contributed by atoms with van der Waals surface area (Å²) in [5, 5.41) is 5.76. The van der Waals surface area contributed by atoms with Crippen LogP contribution in [0.4, 0.5) is 4.79 Å². The van der Waals surface area contributed by atoms with E-state index in [4.69, 9.17) is 4.74 Å². The van der Waals surface area contributed by atoms with Crippen molar-refractivity contribution in [1.29, 1.82) is 0 Å². The van der Waals surface area contributed by atoms with Gasteiger partial charge in [-0.25, -0.2) is 4.79 Å². The molecule has 0 saturated carbocycles. The van der Waals surface area contributed by atoms with Gasteiger partial charge in [0, 0.05) is 6.04 Å². The normalized spacial score (nSPS) is 15.8. The highest BCUT2D eigenvalue weighted by Crippen LogP contribution is 2.22. The minimum Gasteiger partial charge on any atom is -0.444 e. The van der Waals surface area contributed by atoms with Crippen molar-refractivity contribution in [3.63, 3.8) is 0 Å². The highest BCUT2D eigenvalue weighted by molar-refractivity contribution is 5.86. The van der Waals surface area contributed by atoms with Crippen molar-refractivity contribution in [3.8, 4) is 0 Å². The summed E-state index contributed by atoms with van der Waals surface area (Å²) >= 11 is 0. The standard InChI is InChI=1S/C19H28N2O3/c1-12(2)16(21-18(23)24-19(3,4)5)17(22)20-15-10-13-8-6-7-9-14(13)11-15/h6-9,12,15-16H,10-11H2,1-5H3,(H,20,22)(H,21,23)/t16-/m0/s1. The SMILES string of the molecule is CC(C)[C@H](NC(=O)OC(C)(C)C)C(=O)NC1Cc2ccccc2C1. The number of amides is 2. The maximum Gasteiger partial charge on any atom is 0.408 e. The van der Waals surface area contributed by atoms with E-state index in [1.165, 1.54) is 11.1 Å². The van der Waals surface area contributed by atoms with Gasteiger partial charge in [-0.1, -0.05) is 38.1 Å². The molecule has 0 saturated heterocycles. The Morgan fingerprint density at radius 2 is 1.67 bits per heavy atom. The van der Waals surface area contributed by atoms with Gasteiger partial charge in [0.1, 0.15) is 11.6 Å². The first-order valence-electron chi connectivity index (χ1n) is 8.52. The van der Waals surface area contributed by atoms with Crippen molar-refractivity contribution in [2.75, 3.05) is 0 Å². The van der Waals surface area contributed by atoms with Crippen molar-refractivity contribution in [3.05, 3.63) is 35.4 Å². The molecule has 0 radical (unpaired) electrons. The molecule has 1 aromatic carbocycles. The minimum atomic E-state index is -0.608. The molecule has 2 amide bonds. The Kier molecular flexibility index (Phi) is 5.52. The van der Waals surface area contributed by atoms with Crippen LogP contribution in [0.25, 0.3) is 0 Å². The third-order valence-electron chi connectivity index (χ3n) is 4.02. The molecule has 5 heteroatoms. The van der Waals surface area contributed by atoms with Gasteiger partial charge in [0.15, 0.2) is 0 Å². The molecule has 2 N–H and O–H groups in total. The fourth-order valence-corrected chi connectivity index (χ4v) is 2.92. The Morgan fingerprint density at radius 3 is 2.12 bits per heavy atom. The summed E-state index contributed by atoms with van der Waals surface area (Å²) in [4.78, 5) is 24.6. The summed E-state index contributed by atoms with van der Waals surface area (Å²) in [6, 6.07) is 7.70. The zero-order valence-corrected chi connectivity index (χ0v) is 15.2. The number of fused-ring (bicyclic) bond motifs is 1. The van der Waals surface area contributed by atoms with Crippen LogP contribution in [0.2, 0.25) is 0 Å². The predicted octanol–water partition coefficient (Wildman–Crippen LogP) is 2.82. The van der Waals surface area contributed by atoms with E-state index in [1.54, 1.807) is 20.8 Å². The summed E-state index contributed by atoms with van der Waals surface area (Å²) in [5.74, 6) is -0.185. The summed E-state index contributed by atoms with van der Waals surface area (Å²) in [6.45, 7) is 9.21. The number of rotatable bonds is 4. The molecule has 0 spiro atoms. The van der Waals surface area contributed by atoms with Crippen LogP contribution in [0.5, 0.6) is 0 Å². The number of carbonyl (C=O) groups excluding carboxylic acids is 2. The van der Waals surface area contributed by atoms with Crippen molar-refractivity contribution < 1.29 is 14.3 Å². The summed E-state index contributed by atoms with van der Waals surface area (Å²) in [7, 11) is 0. The smallest absolute Gasteiger partial charge is 0.408 e. The Bertz CT molecular complexity index is 580. The van der Waals surface area contributed by atoms with E-state index >= 15 is 0 Å². The monoisotopic (exact) mass is 332 g/mol. The van der Waals surface area contributed by atoms with Crippen LogP contribution in [0, 0.1) is 5.92 Å². The van der Waals surface area contributed by atoms with E-state index in [-0.39, 0.29) is 17.9 Å². The molecule has 0 heterocycles. The van der Waals surface area contributed by atoms with E-state index < -0.39 is 17.7 Å². The number of hydrogen-bond donors (Lipinski definition) is 2. The first-order chi connectivity index (χ1) is 11.2. The Labute approximate surface area is 144 Å². The van der Waals surface area contributed by atoms with Gasteiger partial charge in [-0.15, -0.1) is 0 Å². The van der Waals surface area contributed by atoms with Crippen LogP contribution in [0.3, 0.4) is 0 Å². The number of hydrogen-bond acceptors (Lipinski definition) is 3. The first-order valence-corrected chi connectivity index (χ1v) is 8.52. The fraction of sp³-hybridized carbons (Fsp3) is 0.579. The van der Waals surface area contributed by atoms with Crippen LogP contribution in [0.1, 0.15) is 45.7 Å². The summed E-state index contributed by atoms with van der Waals surface area (Å²) < 4.78 is 5.26. The Hall–Kier alpha value is -2.04. The highest BCUT2D eigenvalue weighted by atomic mass is 16.6. The lowest BCUT2D eigenvalue weighted by molar-refractivity contribution is -0.124. The molecule has 0 bridgehead atoms. The fourth-order valence-electron chi connectivity index (χ4n) is 2.92. The van der Waals surface area contributed by atoms with E-state index in [2.05, 4.69) is 22.8 Å². The zero-order chi connectivity index (χ0) is 17.9. The number of benzene rings is 1. The average Bonchev–Trinajstić information content (AvgIpc) is 2.84. The minimum absolute atomic E-state index is 0.0266. The van der Waals surface area contributed by atoms with E-state index in [0.717, 1.165) is 12.8 Å². The zero-order valence-electron chi connectivity index (χ0n) is 15.2. The molecule has 1 aromatic rings. The lowest BCUT2D eigenvalue weighted by Gasteiger charge is -2.26. The van der Waals surface area contributed by atoms with Gasteiger partial charge >= 0.3 is 6.09 Å². The van der Waals surface area contributed by atoms with Crippen LogP contribution < -0.4 is 10.6 Å². The van der Waals surface area contributed by atoms with Gasteiger partial charge in [0.25, 0.3) is 0 Å². The second-order valence-electron chi connectivity index (χ2n) is 7.75. The van der Waals surface area contributed by atoms with E-state index in [1.807, 2.05) is 26.0 Å². The third-order valence-corrected chi connectivity index (χ3v) is 4.02. The molecule has 1 aliphatic rings. The molecule has 0 fully saturated rings. The molecular formula is C19H28N2O3. The number of alkyl carbamates (subject to hydrolysis) is 1. The molecule has 0 aliphatic heterocycles. The van der Waals surface area contributed by atoms with Gasteiger partial charge in [0.2, 0.25) is 5.91 Å². The van der Waals surface area contributed by atoms with Gasteiger partial charge in [-0.05, 0) is 50.7 Å². The molecular weight excluding hydrogens is 304 g/mol. The number of ether oxygens (including phenoxy) is 1. The molecule has 1 atom stereocenters. The van der Waals surface area contributed by atoms with Gasteiger partial charge < -0.3 is 15.4 Å². The number of nitrogens with one attached hydrogen (secondary N) is 2. The largest absolute Gasteiger partial charge is 0.444 e. The molecule has 24 heavy (non-hydrogen) atoms. The molecule has 0 unspecified atom stereocenters. The lowest BCUT2D eigenvalue weighted by atomic mass is 10.0.